The number of hydrogen-bond acceptors (Lipinski definition) is 4. The average Bonchev–Trinajstić information content (AvgIpc) is 2.96. The molecular weight excluding hydrogens is 402 g/mol. The van der Waals surface area contributed by atoms with Crippen LogP contribution in [0.4, 0.5) is 5.82 Å². The maximum atomic E-state index is 12.8. The predicted octanol–water partition coefficient (Wildman–Crippen LogP) is 3.96. The lowest BCUT2D eigenvalue weighted by atomic mass is 9.85. The highest BCUT2D eigenvalue weighted by Crippen LogP contribution is 2.34. The lowest BCUT2D eigenvalue weighted by Crippen LogP contribution is -2.40. The second-order valence-electron chi connectivity index (χ2n) is 8.34. The Kier molecular flexibility index (Phi) is 6.37. The van der Waals surface area contributed by atoms with Gasteiger partial charge in [-0.1, -0.05) is 24.4 Å². The fourth-order valence-electron chi connectivity index (χ4n) is 4.61. The molecule has 2 atom stereocenters. The van der Waals surface area contributed by atoms with Gasteiger partial charge in [-0.05, 0) is 44.6 Å². The Labute approximate surface area is 181 Å². The zero-order valence-electron chi connectivity index (χ0n) is 17.3. The standard InChI is InChI=1S/C22H28ClN5O2/c1-14(29)26-16-7-5-6-15(10-16)22(30)27-21-11-17(19(23)13-24-21)18-12-25-28-9-4-2-3-8-20(18)28/h11-13,15-16H,2-10H2,1H3,(H,26,29)(H,24,27,30)/t15-,16+/m0/s1. The first-order chi connectivity index (χ1) is 14.5. The highest BCUT2D eigenvalue weighted by molar-refractivity contribution is 6.33. The second-order valence-corrected chi connectivity index (χ2v) is 8.75. The summed E-state index contributed by atoms with van der Waals surface area (Å²) in [6.07, 6.45) is 11.2. The SMILES string of the molecule is CC(=O)N[C@@H]1CCC[C@H](C(=O)Nc2cc(-c3cnn4c3CCCCC4)c(Cl)cn2)C1. The van der Waals surface area contributed by atoms with E-state index in [1.54, 1.807) is 6.20 Å². The van der Waals surface area contributed by atoms with Gasteiger partial charge in [0.1, 0.15) is 5.82 Å². The zero-order chi connectivity index (χ0) is 21.1. The Morgan fingerprint density at radius 3 is 2.83 bits per heavy atom. The quantitative estimate of drug-likeness (QED) is 0.769. The number of hydrogen-bond donors (Lipinski definition) is 2. The second kappa shape index (κ2) is 9.16. The fourth-order valence-corrected chi connectivity index (χ4v) is 4.82. The summed E-state index contributed by atoms with van der Waals surface area (Å²) in [7, 11) is 0. The first-order valence-corrected chi connectivity index (χ1v) is 11.2. The van der Waals surface area contributed by atoms with E-state index in [9.17, 15) is 9.59 Å². The summed E-state index contributed by atoms with van der Waals surface area (Å²) in [6, 6.07) is 1.90. The van der Waals surface area contributed by atoms with Crippen molar-refractivity contribution in [3.05, 3.63) is 29.2 Å². The summed E-state index contributed by atoms with van der Waals surface area (Å²) >= 11 is 6.47. The molecule has 2 N–H and O–H groups in total. The van der Waals surface area contributed by atoms with Gasteiger partial charge < -0.3 is 10.6 Å². The van der Waals surface area contributed by atoms with Crippen molar-refractivity contribution in [1.29, 1.82) is 0 Å². The van der Waals surface area contributed by atoms with Gasteiger partial charge in [0.15, 0.2) is 0 Å². The molecular formula is C22H28ClN5O2. The molecule has 0 bridgehead atoms. The van der Waals surface area contributed by atoms with E-state index in [1.807, 2.05) is 12.3 Å². The van der Waals surface area contributed by atoms with E-state index >= 15 is 0 Å². The van der Waals surface area contributed by atoms with Crippen molar-refractivity contribution in [2.24, 2.45) is 5.92 Å². The number of anilines is 1. The first kappa shape index (κ1) is 20.8. The molecule has 1 aliphatic heterocycles. The number of nitrogens with one attached hydrogen (secondary N) is 2. The van der Waals surface area contributed by atoms with Crippen molar-refractivity contribution in [1.82, 2.24) is 20.1 Å². The minimum absolute atomic E-state index is 0.0506. The Morgan fingerprint density at radius 1 is 1.13 bits per heavy atom. The lowest BCUT2D eigenvalue weighted by Gasteiger charge is -2.28. The summed E-state index contributed by atoms with van der Waals surface area (Å²) in [5.41, 5.74) is 3.07. The number of aryl methyl sites for hydroxylation is 1. The van der Waals surface area contributed by atoms with E-state index in [0.29, 0.717) is 17.3 Å². The molecule has 0 radical (unpaired) electrons. The van der Waals surface area contributed by atoms with Gasteiger partial charge in [-0.2, -0.15) is 5.10 Å². The summed E-state index contributed by atoms with van der Waals surface area (Å²) in [6.45, 7) is 2.44. The minimum atomic E-state index is -0.135. The molecule has 1 saturated carbocycles. The van der Waals surface area contributed by atoms with Crippen molar-refractivity contribution in [2.45, 2.75) is 70.9 Å². The third kappa shape index (κ3) is 4.67. The molecule has 2 amide bonds. The Morgan fingerprint density at radius 2 is 2.00 bits per heavy atom. The lowest BCUT2D eigenvalue weighted by molar-refractivity contribution is -0.123. The van der Waals surface area contributed by atoms with Crippen LogP contribution >= 0.6 is 11.6 Å². The Balaban J connectivity index is 1.51. The van der Waals surface area contributed by atoms with Crippen LogP contribution in [0.25, 0.3) is 11.1 Å². The van der Waals surface area contributed by atoms with Crippen molar-refractivity contribution in [2.75, 3.05) is 5.32 Å². The van der Waals surface area contributed by atoms with Gasteiger partial charge in [-0.3, -0.25) is 14.3 Å². The van der Waals surface area contributed by atoms with Gasteiger partial charge >= 0.3 is 0 Å². The molecule has 30 heavy (non-hydrogen) atoms. The zero-order valence-corrected chi connectivity index (χ0v) is 18.0. The van der Waals surface area contributed by atoms with Crippen LogP contribution in [-0.4, -0.2) is 32.6 Å². The molecule has 8 heteroatoms. The van der Waals surface area contributed by atoms with Gasteiger partial charge in [0.25, 0.3) is 0 Å². The molecule has 2 aliphatic rings. The number of fused-ring (bicyclic) bond motifs is 1. The van der Waals surface area contributed by atoms with Crippen LogP contribution in [0, 0.1) is 5.92 Å². The van der Waals surface area contributed by atoms with Crippen LogP contribution in [0.3, 0.4) is 0 Å². The molecule has 1 fully saturated rings. The predicted molar refractivity (Wildman–Crippen MR) is 116 cm³/mol. The number of carbonyl (C=O) groups excluding carboxylic acids is 2. The molecule has 4 rings (SSSR count). The highest BCUT2D eigenvalue weighted by Gasteiger charge is 2.28. The number of amides is 2. The summed E-state index contributed by atoms with van der Waals surface area (Å²) in [5, 5.41) is 11.0. The van der Waals surface area contributed by atoms with Crippen LogP contribution in [0.1, 0.15) is 57.6 Å². The van der Waals surface area contributed by atoms with E-state index in [1.165, 1.54) is 19.0 Å². The van der Waals surface area contributed by atoms with Gasteiger partial charge in [-0.25, -0.2) is 4.98 Å². The van der Waals surface area contributed by atoms with Crippen LogP contribution in [0.15, 0.2) is 18.5 Å². The fraction of sp³-hybridized carbons (Fsp3) is 0.545. The monoisotopic (exact) mass is 429 g/mol. The van der Waals surface area contributed by atoms with Crippen molar-refractivity contribution >= 4 is 29.2 Å². The molecule has 1 aliphatic carbocycles. The molecule has 3 heterocycles. The maximum Gasteiger partial charge on any atom is 0.228 e. The molecule has 160 valence electrons. The first-order valence-electron chi connectivity index (χ1n) is 10.8. The van der Waals surface area contributed by atoms with Gasteiger partial charge in [-0.15, -0.1) is 0 Å². The number of nitrogens with zero attached hydrogens (tertiary/aromatic N) is 3. The molecule has 7 nitrogen and oxygen atoms in total. The molecule has 2 aromatic rings. The maximum absolute atomic E-state index is 12.8. The highest BCUT2D eigenvalue weighted by atomic mass is 35.5. The Bertz CT molecular complexity index is 942. The molecule has 0 saturated heterocycles. The number of pyridine rings is 1. The van der Waals surface area contributed by atoms with E-state index in [4.69, 9.17) is 11.6 Å². The molecule has 0 unspecified atom stereocenters. The summed E-state index contributed by atoms with van der Waals surface area (Å²) in [5.74, 6) is 0.253. The smallest absolute Gasteiger partial charge is 0.228 e. The van der Waals surface area contributed by atoms with E-state index in [0.717, 1.165) is 56.2 Å². The van der Waals surface area contributed by atoms with Crippen molar-refractivity contribution in [3.8, 4) is 11.1 Å². The number of rotatable bonds is 4. The Hall–Kier alpha value is -2.41. The topological polar surface area (TPSA) is 88.9 Å². The van der Waals surface area contributed by atoms with E-state index in [2.05, 4.69) is 25.4 Å². The van der Waals surface area contributed by atoms with Crippen LogP contribution in [0.2, 0.25) is 5.02 Å². The average molecular weight is 430 g/mol. The van der Waals surface area contributed by atoms with Gasteiger partial charge in [0, 0.05) is 48.4 Å². The van der Waals surface area contributed by atoms with E-state index < -0.39 is 0 Å². The van der Waals surface area contributed by atoms with Crippen molar-refractivity contribution < 1.29 is 9.59 Å². The number of carbonyl (C=O) groups is 2. The van der Waals surface area contributed by atoms with E-state index in [-0.39, 0.29) is 23.8 Å². The summed E-state index contributed by atoms with van der Waals surface area (Å²) < 4.78 is 2.07. The van der Waals surface area contributed by atoms with Gasteiger partial charge in [0.05, 0.1) is 11.2 Å². The minimum Gasteiger partial charge on any atom is -0.354 e. The number of aromatic nitrogens is 3. The molecule has 0 aromatic carbocycles. The van der Waals surface area contributed by atoms with Crippen LogP contribution < -0.4 is 10.6 Å². The van der Waals surface area contributed by atoms with Crippen LogP contribution in [-0.2, 0) is 22.6 Å². The molecule has 2 aromatic heterocycles. The molecule has 0 spiro atoms. The third-order valence-electron chi connectivity index (χ3n) is 6.08. The third-order valence-corrected chi connectivity index (χ3v) is 6.38. The normalized spacial score (nSPS) is 21.4. The van der Waals surface area contributed by atoms with Crippen molar-refractivity contribution in [3.63, 3.8) is 0 Å². The van der Waals surface area contributed by atoms with Crippen LogP contribution in [0.5, 0.6) is 0 Å². The number of halogens is 1. The largest absolute Gasteiger partial charge is 0.354 e. The summed E-state index contributed by atoms with van der Waals surface area (Å²) in [4.78, 5) is 28.5. The van der Waals surface area contributed by atoms with Gasteiger partial charge in [0.2, 0.25) is 11.8 Å².